The lowest BCUT2D eigenvalue weighted by atomic mass is 10.2. The molecule has 106 valence electrons. The first kappa shape index (κ1) is 14.3. The molecule has 2 rings (SSSR count). The Hall–Kier alpha value is -2.09. The highest BCUT2D eigenvalue weighted by atomic mass is 35.5. The van der Waals surface area contributed by atoms with E-state index in [4.69, 9.17) is 17.3 Å². The molecule has 0 radical (unpaired) electrons. The van der Waals surface area contributed by atoms with Gasteiger partial charge < -0.3 is 5.73 Å². The Balaban J connectivity index is 2.57. The van der Waals surface area contributed by atoms with Gasteiger partial charge in [0.2, 0.25) is 0 Å². The third-order valence-corrected chi connectivity index (χ3v) is 2.96. The number of nitrogens with zero attached hydrogens (tertiary/aromatic N) is 3. The summed E-state index contributed by atoms with van der Waals surface area (Å²) < 4.78 is 39.4. The quantitative estimate of drug-likeness (QED) is 0.925. The highest BCUT2D eigenvalue weighted by molar-refractivity contribution is 6.31. The summed E-state index contributed by atoms with van der Waals surface area (Å²) in [5.41, 5.74) is 4.30. The molecule has 0 aliphatic rings. The van der Waals surface area contributed by atoms with Crippen molar-refractivity contribution in [1.29, 1.82) is 0 Å². The lowest BCUT2D eigenvalue weighted by molar-refractivity contribution is -0.137. The van der Waals surface area contributed by atoms with E-state index in [2.05, 4.69) is 10.3 Å². The molecule has 0 aliphatic carbocycles. The van der Waals surface area contributed by atoms with Crippen molar-refractivity contribution >= 4 is 17.5 Å². The van der Waals surface area contributed by atoms with E-state index in [1.807, 2.05) is 0 Å². The van der Waals surface area contributed by atoms with Crippen LogP contribution in [0.2, 0.25) is 5.02 Å². The number of rotatable bonds is 2. The van der Waals surface area contributed by atoms with Crippen LogP contribution < -0.4 is 5.73 Å². The van der Waals surface area contributed by atoms with Crippen LogP contribution in [0.15, 0.2) is 18.2 Å². The van der Waals surface area contributed by atoms with Crippen LogP contribution in [-0.2, 0) is 6.18 Å². The molecule has 20 heavy (non-hydrogen) atoms. The van der Waals surface area contributed by atoms with Crippen molar-refractivity contribution in [3.05, 3.63) is 40.2 Å². The number of amides is 1. The molecule has 2 aromatic rings. The number of halogens is 4. The van der Waals surface area contributed by atoms with Gasteiger partial charge >= 0.3 is 6.18 Å². The van der Waals surface area contributed by atoms with E-state index in [-0.39, 0.29) is 17.1 Å². The first-order valence-corrected chi connectivity index (χ1v) is 5.69. The Labute approximate surface area is 116 Å². The second-order valence-corrected chi connectivity index (χ2v) is 4.37. The van der Waals surface area contributed by atoms with Crippen LogP contribution in [0, 0.1) is 6.92 Å². The molecule has 1 heterocycles. The number of carbonyl (C=O) groups is 1. The Morgan fingerprint density at radius 1 is 1.40 bits per heavy atom. The van der Waals surface area contributed by atoms with E-state index < -0.39 is 22.7 Å². The molecule has 2 N–H and O–H groups in total. The van der Waals surface area contributed by atoms with Gasteiger partial charge in [-0.1, -0.05) is 16.8 Å². The number of benzene rings is 1. The summed E-state index contributed by atoms with van der Waals surface area (Å²) in [6.45, 7) is 1.47. The average molecular weight is 305 g/mol. The zero-order chi connectivity index (χ0) is 15.1. The molecule has 1 aromatic heterocycles. The molecule has 0 unspecified atom stereocenters. The normalized spacial score (nSPS) is 11.7. The molecular weight excluding hydrogens is 297 g/mol. The van der Waals surface area contributed by atoms with Gasteiger partial charge in [-0.25, -0.2) is 4.68 Å². The Morgan fingerprint density at radius 3 is 2.55 bits per heavy atom. The number of alkyl halides is 3. The van der Waals surface area contributed by atoms with Gasteiger partial charge in [-0.2, -0.15) is 13.2 Å². The van der Waals surface area contributed by atoms with Gasteiger partial charge in [-0.3, -0.25) is 4.79 Å². The van der Waals surface area contributed by atoms with E-state index >= 15 is 0 Å². The third-order valence-electron chi connectivity index (χ3n) is 2.63. The maximum absolute atomic E-state index is 12.8. The molecule has 5 nitrogen and oxygen atoms in total. The zero-order valence-corrected chi connectivity index (χ0v) is 10.8. The summed E-state index contributed by atoms with van der Waals surface area (Å²) in [6, 6.07) is 3.27. The molecule has 0 saturated carbocycles. The van der Waals surface area contributed by atoms with Crippen LogP contribution in [0.1, 0.15) is 21.7 Å². The summed E-state index contributed by atoms with van der Waals surface area (Å²) in [5, 5.41) is 6.72. The highest BCUT2D eigenvalue weighted by Crippen LogP contribution is 2.35. The van der Waals surface area contributed by atoms with E-state index in [1.54, 1.807) is 0 Å². The van der Waals surface area contributed by atoms with E-state index in [0.717, 1.165) is 16.8 Å². The fourth-order valence-electron chi connectivity index (χ4n) is 1.66. The van der Waals surface area contributed by atoms with Crippen LogP contribution in [0.25, 0.3) is 5.69 Å². The second kappa shape index (κ2) is 4.78. The lowest BCUT2D eigenvalue weighted by Crippen LogP contribution is -2.13. The van der Waals surface area contributed by atoms with E-state index in [0.29, 0.717) is 0 Å². The van der Waals surface area contributed by atoms with Gasteiger partial charge in [0.15, 0.2) is 5.69 Å². The summed E-state index contributed by atoms with van der Waals surface area (Å²) >= 11 is 5.52. The van der Waals surface area contributed by atoms with Crippen molar-refractivity contribution in [2.24, 2.45) is 5.73 Å². The number of hydrogen-bond acceptors (Lipinski definition) is 3. The second-order valence-electron chi connectivity index (χ2n) is 3.96. The number of aromatic nitrogens is 3. The van der Waals surface area contributed by atoms with Crippen molar-refractivity contribution in [1.82, 2.24) is 15.0 Å². The predicted octanol–water partition coefficient (Wildman–Crippen LogP) is 2.35. The van der Waals surface area contributed by atoms with Crippen molar-refractivity contribution < 1.29 is 18.0 Å². The summed E-state index contributed by atoms with van der Waals surface area (Å²) in [7, 11) is 0. The highest BCUT2D eigenvalue weighted by Gasteiger charge is 2.33. The van der Waals surface area contributed by atoms with Crippen molar-refractivity contribution in [2.75, 3.05) is 0 Å². The largest absolute Gasteiger partial charge is 0.417 e. The fourth-order valence-corrected chi connectivity index (χ4v) is 1.89. The third kappa shape index (κ3) is 2.46. The topological polar surface area (TPSA) is 73.8 Å². The first-order chi connectivity index (χ1) is 9.21. The molecule has 0 fully saturated rings. The minimum absolute atomic E-state index is 0.0826. The Morgan fingerprint density at radius 2 is 2.05 bits per heavy atom. The first-order valence-electron chi connectivity index (χ1n) is 5.31. The number of carbonyl (C=O) groups excluding carboxylic acids is 1. The van der Waals surface area contributed by atoms with Crippen molar-refractivity contribution in [3.63, 3.8) is 0 Å². The maximum atomic E-state index is 12.8. The van der Waals surface area contributed by atoms with Gasteiger partial charge in [-0.05, 0) is 25.1 Å². The van der Waals surface area contributed by atoms with E-state index in [9.17, 15) is 18.0 Å². The smallest absolute Gasteiger partial charge is 0.364 e. The van der Waals surface area contributed by atoms with Gasteiger partial charge in [0.1, 0.15) is 0 Å². The Kier molecular flexibility index (Phi) is 3.43. The predicted molar refractivity (Wildman–Crippen MR) is 64.6 cm³/mol. The summed E-state index contributed by atoms with van der Waals surface area (Å²) in [5.74, 6) is -0.807. The van der Waals surface area contributed by atoms with Crippen LogP contribution in [-0.4, -0.2) is 20.9 Å². The number of primary amides is 1. The van der Waals surface area contributed by atoms with Crippen LogP contribution in [0.3, 0.4) is 0 Å². The molecule has 0 bridgehead atoms. The van der Waals surface area contributed by atoms with Gasteiger partial charge in [0.25, 0.3) is 5.91 Å². The van der Waals surface area contributed by atoms with Gasteiger partial charge in [0, 0.05) is 0 Å². The zero-order valence-electron chi connectivity index (χ0n) is 10.1. The lowest BCUT2D eigenvalue weighted by Gasteiger charge is -2.11. The van der Waals surface area contributed by atoms with Crippen LogP contribution >= 0.6 is 11.6 Å². The summed E-state index contributed by atoms with van der Waals surface area (Å²) in [6.07, 6.45) is -4.59. The summed E-state index contributed by atoms with van der Waals surface area (Å²) in [4.78, 5) is 11.1. The molecule has 0 atom stereocenters. The van der Waals surface area contributed by atoms with Gasteiger partial charge in [-0.15, -0.1) is 5.10 Å². The van der Waals surface area contributed by atoms with Crippen molar-refractivity contribution in [2.45, 2.75) is 13.1 Å². The SMILES string of the molecule is Cc1c(C(N)=O)nnn1-c1ccc(Cl)c(C(F)(F)F)c1. The number of nitrogens with two attached hydrogens (primary N) is 1. The minimum atomic E-state index is -4.59. The Bertz CT molecular complexity index is 681. The minimum Gasteiger partial charge on any atom is -0.364 e. The molecule has 1 amide bonds. The molecule has 1 aromatic carbocycles. The molecule has 0 spiro atoms. The molecular formula is C11H8ClF3N4O. The number of hydrogen-bond donors (Lipinski definition) is 1. The molecule has 0 aliphatic heterocycles. The maximum Gasteiger partial charge on any atom is 0.417 e. The molecule has 0 saturated heterocycles. The monoisotopic (exact) mass is 304 g/mol. The fraction of sp³-hybridized carbons (Fsp3) is 0.182. The van der Waals surface area contributed by atoms with Gasteiger partial charge in [0.05, 0.1) is 22.0 Å². The average Bonchev–Trinajstić information content (AvgIpc) is 2.70. The standard InChI is InChI=1S/C11H8ClF3N4O/c1-5-9(10(16)20)17-18-19(5)6-2-3-8(12)7(4-6)11(13,14)15/h2-4H,1H3,(H2,16,20). The van der Waals surface area contributed by atoms with Crippen LogP contribution in [0.4, 0.5) is 13.2 Å². The van der Waals surface area contributed by atoms with Crippen LogP contribution in [0.5, 0.6) is 0 Å². The van der Waals surface area contributed by atoms with E-state index in [1.165, 1.54) is 13.0 Å². The molecule has 9 heteroatoms. The van der Waals surface area contributed by atoms with Crippen molar-refractivity contribution in [3.8, 4) is 5.69 Å².